The lowest BCUT2D eigenvalue weighted by Gasteiger charge is -2.38. The van der Waals surface area contributed by atoms with E-state index in [0.717, 1.165) is 22.2 Å². The molecule has 4 aromatic rings. The molecule has 0 radical (unpaired) electrons. The predicted octanol–water partition coefficient (Wildman–Crippen LogP) is 7.02. The van der Waals surface area contributed by atoms with Crippen molar-refractivity contribution in [1.29, 1.82) is 0 Å². The van der Waals surface area contributed by atoms with Gasteiger partial charge in [-0.25, -0.2) is 0 Å². The molecule has 1 aliphatic heterocycles. The van der Waals surface area contributed by atoms with Crippen LogP contribution in [0.4, 0.5) is 13.2 Å². The molecular formula is C28H26ClF3N2O2. The van der Waals surface area contributed by atoms with Crippen LogP contribution in [0.5, 0.6) is 5.75 Å². The lowest BCUT2D eigenvalue weighted by Crippen LogP contribution is -2.51. The fourth-order valence-electron chi connectivity index (χ4n) is 5.13. The molecule has 2 N–H and O–H groups in total. The average molecular weight is 515 g/mol. The van der Waals surface area contributed by atoms with E-state index in [-0.39, 0.29) is 5.69 Å². The number of fused-ring (bicyclic) bond motifs is 2. The molecule has 0 spiro atoms. The molecule has 4 nitrogen and oxygen atoms in total. The van der Waals surface area contributed by atoms with Gasteiger partial charge in [-0.2, -0.15) is 13.2 Å². The summed E-state index contributed by atoms with van der Waals surface area (Å²) in [5.41, 5.74) is -0.104. The number of hydrogen-bond acceptors (Lipinski definition) is 3. The van der Waals surface area contributed by atoms with E-state index in [1.165, 1.54) is 0 Å². The van der Waals surface area contributed by atoms with Gasteiger partial charge in [0.2, 0.25) is 0 Å². The van der Waals surface area contributed by atoms with E-state index in [2.05, 4.69) is 9.97 Å². The molecule has 2 aromatic carbocycles. The van der Waals surface area contributed by atoms with E-state index < -0.39 is 30.0 Å². The number of aromatic amines is 1. The summed E-state index contributed by atoms with van der Waals surface area (Å²) in [6, 6.07) is 16.4. The number of nitrogens with zero attached hydrogens (tertiary/aromatic N) is 1. The summed E-state index contributed by atoms with van der Waals surface area (Å²) in [4.78, 5) is 7.44. The molecule has 5 rings (SSSR count). The van der Waals surface area contributed by atoms with Crippen molar-refractivity contribution in [3.63, 3.8) is 0 Å². The van der Waals surface area contributed by atoms with Gasteiger partial charge in [-0.15, -0.1) is 0 Å². The minimum Gasteiger partial charge on any atom is -0.493 e. The Morgan fingerprint density at radius 2 is 1.83 bits per heavy atom. The van der Waals surface area contributed by atoms with Crippen LogP contribution in [0.15, 0.2) is 60.8 Å². The van der Waals surface area contributed by atoms with Gasteiger partial charge in [-0.1, -0.05) is 55.8 Å². The van der Waals surface area contributed by atoms with E-state index >= 15 is 0 Å². The first-order valence-electron chi connectivity index (χ1n) is 11.7. The van der Waals surface area contributed by atoms with Gasteiger partial charge in [-0.05, 0) is 41.7 Å². The molecule has 188 valence electrons. The SMILES string of the molecule is CC(C)(CC(O)(Cc1cc2cc(-c3ccccc3)ncc2[nH]1)C(F)(F)F)c1cc(Cl)cc2c1OCC2. The van der Waals surface area contributed by atoms with Crippen molar-refractivity contribution in [2.45, 2.75) is 50.3 Å². The van der Waals surface area contributed by atoms with Crippen LogP contribution in [0.25, 0.3) is 22.2 Å². The molecule has 3 heterocycles. The number of aromatic nitrogens is 2. The highest BCUT2D eigenvalue weighted by Crippen LogP contribution is 2.47. The van der Waals surface area contributed by atoms with Crippen molar-refractivity contribution in [3.8, 4) is 17.0 Å². The van der Waals surface area contributed by atoms with E-state index in [4.69, 9.17) is 16.3 Å². The number of ether oxygens (including phenoxy) is 1. The first kappa shape index (κ1) is 24.7. The number of hydrogen-bond donors (Lipinski definition) is 2. The number of benzene rings is 2. The highest BCUT2D eigenvalue weighted by molar-refractivity contribution is 6.30. The third-order valence-electron chi connectivity index (χ3n) is 6.85. The fourth-order valence-corrected chi connectivity index (χ4v) is 5.37. The first-order chi connectivity index (χ1) is 17.0. The quantitative estimate of drug-likeness (QED) is 0.290. The van der Waals surface area contributed by atoms with Crippen LogP contribution in [0.3, 0.4) is 0 Å². The van der Waals surface area contributed by atoms with E-state index in [0.29, 0.717) is 34.9 Å². The maximum absolute atomic E-state index is 14.4. The second-order valence-electron chi connectivity index (χ2n) is 10.1. The van der Waals surface area contributed by atoms with Gasteiger partial charge in [0.25, 0.3) is 0 Å². The van der Waals surface area contributed by atoms with Crippen LogP contribution in [0.2, 0.25) is 5.02 Å². The summed E-state index contributed by atoms with van der Waals surface area (Å²) in [5.74, 6) is 0.569. The van der Waals surface area contributed by atoms with Gasteiger partial charge in [0.15, 0.2) is 5.60 Å². The van der Waals surface area contributed by atoms with Crippen molar-refractivity contribution in [2.24, 2.45) is 0 Å². The zero-order chi connectivity index (χ0) is 25.7. The van der Waals surface area contributed by atoms with Crippen LogP contribution >= 0.6 is 11.6 Å². The van der Waals surface area contributed by atoms with E-state index in [1.807, 2.05) is 36.4 Å². The van der Waals surface area contributed by atoms with Gasteiger partial charge in [0.05, 0.1) is 24.0 Å². The van der Waals surface area contributed by atoms with Crippen LogP contribution in [-0.2, 0) is 18.3 Å². The van der Waals surface area contributed by atoms with Gasteiger partial charge in [0, 0.05) is 40.1 Å². The topological polar surface area (TPSA) is 58.1 Å². The Hall–Kier alpha value is -3.03. The predicted molar refractivity (Wildman–Crippen MR) is 135 cm³/mol. The monoisotopic (exact) mass is 514 g/mol. The number of pyridine rings is 1. The zero-order valence-corrected chi connectivity index (χ0v) is 20.7. The Kier molecular flexibility index (Phi) is 6.04. The maximum atomic E-state index is 14.4. The molecule has 0 amide bonds. The zero-order valence-electron chi connectivity index (χ0n) is 19.9. The Bertz CT molecular complexity index is 1420. The summed E-state index contributed by atoms with van der Waals surface area (Å²) in [6.45, 7) is 3.81. The summed E-state index contributed by atoms with van der Waals surface area (Å²) >= 11 is 6.28. The summed E-state index contributed by atoms with van der Waals surface area (Å²) in [6.07, 6.45) is -3.81. The number of alkyl halides is 3. The lowest BCUT2D eigenvalue weighted by molar-refractivity contribution is -0.266. The van der Waals surface area contributed by atoms with Gasteiger partial charge >= 0.3 is 6.18 Å². The number of rotatable bonds is 6. The van der Waals surface area contributed by atoms with Crippen LogP contribution in [0, 0.1) is 0 Å². The third-order valence-corrected chi connectivity index (χ3v) is 7.07. The molecule has 0 fully saturated rings. The fraction of sp³-hybridized carbons (Fsp3) is 0.321. The smallest absolute Gasteiger partial charge is 0.417 e. The van der Waals surface area contributed by atoms with Gasteiger partial charge in [0.1, 0.15) is 5.75 Å². The van der Waals surface area contributed by atoms with Crippen LogP contribution < -0.4 is 4.74 Å². The minimum atomic E-state index is -4.86. The lowest BCUT2D eigenvalue weighted by atomic mass is 9.73. The molecule has 0 saturated carbocycles. The van der Waals surface area contributed by atoms with E-state index in [9.17, 15) is 18.3 Å². The molecule has 1 unspecified atom stereocenters. The highest BCUT2D eigenvalue weighted by Gasteiger charge is 2.56. The van der Waals surface area contributed by atoms with Crippen molar-refractivity contribution in [1.82, 2.24) is 9.97 Å². The third kappa shape index (κ3) is 4.58. The summed E-state index contributed by atoms with van der Waals surface area (Å²) < 4.78 is 48.9. The van der Waals surface area contributed by atoms with Gasteiger partial charge in [-0.3, -0.25) is 4.98 Å². The molecule has 0 bridgehead atoms. The molecular weight excluding hydrogens is 489 g/mol. The average Bonchev–Trinajstić information content (AvgIpc) is 3.43. The number of H-pyrrole nitrogens is 1. The maximum Gasteiger partial charge on any atom is 0.417 e. The Morgan fingerprint density at radius 3 is 2.56 bits per heavy atom. The van der Waals surface area contributed by atoms with E-state index in [1.54, 1.807) is 38.2 Å². The normalized spacial score (nSPS) is 15.5. The highest BCUT2D eigenvalue weighted by atomic mass is 35.5. The molecule has 36 heavy (non-hydrogen) atoms. The minimum absolute atomic E-state index is 0.278. The van der Waals surface area contributed by atoms with Gasteiger partial charge < -0.3 is 14.8 Å². The van der Waals surface area contributed by atoms with Crippen molar-refractivity contribution in [3.05, 3.63) is 82.6 Å². The standard InChI is InChI=1S/C28H26ClF3N2O2/c1-26(2,22-13-20(29)10-18-8-9-36-25(18)22)16-27(35,28(30,31)32)14-21-11-19-12-23(33-15-24(19)34-21)17-6-4-3-5-7-17/h3-7,10-13,15,34-35H,8-9,14,16H2,1-2H3. The Labute approximate surface area is 212 Å². The Morgan fingerprint density at radius 1 is 1.08 bits per heavy atom. The van der Waals surface area contributed by atoms with Crippen molar-refractivity contribution >= 4 is 22.5 Å². The second kappa shape index (κ2) is 8.82. The first-order valence-corrected chi connectivity index (χ1v) is 12.1. The largest absolute Gasteiger partial charge is 0.493 e. The number of aliphatic hydroxyl groups is 1. The van der Waals surface area contributed by atoms with Crippen LogP contribution in [0.1, 0.15) is 37.1 Å². The number of halogens is 4. The number of nitrogens with one attached hydrogen (secondary N) is 1. The molecule has 8 heteroatoms. The molecule has 1 aliphatic rings. The van der Waals surface area contributed by atoms with Crippen molar-refractivity contribution in [2.75, 3.05) is 6.61 Å². The summed E-state index contributed by atoms with van der Waals surface area (Å²) in [7, 11) is 0. The molecule has 2 aromatic heterocycles. The Balaban J connectivity index is 1.48. The van der Waals surface area contributed by atoms with Crippen LogP contribution in [-0.4, -0.2) is 33.5 Å². The molecule has 0 aliphatic carbocycles. The second-order valence-corrected chi connectivity index (χ2v) is 10.6. The molecule has 1 atom stereocenters. The summed E-state index contributed by atoms with van der Waals surface area (Å²) in [5, 5.41) is 12.3. The van der Waals surface area contributed by atoms with Crippen molar-refractivity contribution < 1.29 is 23.0 Å². The molecule has 0 saturated heterocycles.